The third kappa shape index (κ3) is 4.05. The Morgan fingerprint density at radius 1 is 1.05 bits per heavy atom. The standard InChI is InChI=1S/C17H31NO/c1-4-15-8-7-14(3)18(11-15)12-17(19)16-9-5-13(2)6-10-16/h13-16H,4-12H2,1-3H3/p+1. The highest BCUT2D eigenvalue weighted by molar-refractivity contribution is 5.82. The van der Waals surface area contributed by atoms with Crippen LogP contribution in [-0.4, -0.2) is 24.9 Å². The molecular weight excluding hydrogens is 234 g/mol. The minimum Gasteiger partial charge on any atom is -0.326 e. The van der Waals surface area contributed by atoms with Gasteiger partial charge in [-0.1, -0.05) is 26.7 Å². The van der Waals surface area contributed by atoms with Crippen LogP contribution >= 0.6 is 0 Å². The molecule has 2 aliphatic rings. The molecule has 1 saturated carbocycles. The van der Waals surface area contributed by atoms with Crippen molar-refractivity contribution < 1.29 is 9.69 Å². The van der Waals surface area contributed by atoms with E-state index in [4.69, 9.17) is 0 Å². The molecule has 1 saturated heterocycles. The van der Waals surface area contributed by atoms with Crippen LogP contribution < -0.4 is 4.90 Å². The average molecular weight is 266 g/mol. The molecular formula is C17H32NO+. The number of hydrogen-bond donors (Lipinski definition) is 1. The molecule has 1 aliphatic carbocycles. The van der Waals surface area contributed by atoms with E-state index in [0.29, 0.717) is 17.7 Å². The Kier molecular flexibility index (Phi) is 5.44. The Morgan fingerprint density at radius 3 is 2.37 bits per heavy atom. The number of likely N-dealkylation sites (tertiary alicyclic amines) is 1. The third-order valence-electron chi connectivity index (χ3n) is 5.71. The van der Waals surface area contributed by atoms with Gasteiger partial charge in [-0.3, -0.25) is 4.79 Å². The molecule has 0 amide bonds. The van der Waals surface area contributed by atoms with Crippen molar-refractivity contribution in [1.29, 1.82) is 0 Å². The Hall–Kier alpha value is -0.370. The lowest BCUT2D eigenvalue weighted by Gasteiger charge is -2.35. The second-order valence-corrected chi connectivity index (χ2v) is 7.21. The van der Waals surface area contributed by atoms with Crippen LogP contribution in [-0.2, 0) is 4.79 Å². The molecule has 0 aromatic rings. The Morgan fingerprint density at radius 2 is 1.74 bits per heavy atom. The zero-order valence-electron chi connectivity index (χ0n) is 13.1. The topological polar surface area (TPSA) is 21.5 Å². The molecule has 2 nitrogen and oxygen atoms in total. The summed E-state index contributed by atoms with van der Waals surface area (Å²) in [5.74, 6) is 2.64. The molecule has 0 aromatic carbocycles. The van der Waals surface area contributed by atoms with Crippen LogP contribution in [0.25, 0.3) is 0 Å². The molecule has 1 aliphatic heterocycles. The van der Waals surface area contributed by atoms with E-state index in [-0.39, 0.29) is 0 Å². The maximum atomic E-state index is 12.5. The van der Waals surface area contributed by atoms with E-state index < -0.39 is 0 Å². The highest BCUT2D eigenvalue weighted by Gasteiger charge is 2.32. The third-order valence-corrected chi connectivity index (χ3v) is 5.71. The normalized spacial score (nSPS) is 40.1. The van der Waals surface area contributed by atoms with Gasteiger partial charge in [-0.25, -0.2) is 0 Å². The molecule has 0 aromatic heterocycles. The second kappa shape index (κ2) is 6.88. The first-order valence-electron chi connectivity index (χ1n) is 8.47. The van der Waals surface area contributed by atoms with E-state index in [1.165, 1.54) is 38.6 Å². The minimum atomic E-state index is 0.387. The molecule has 0 spiro atoms. The first kappa shape index (κ1) is 15.0. The lowest BCUT2D eigenvalue weighted by atomic mass is 9.80. The van der Waals surface area contributed by atoms with Crippen molar-refractivity contribution in [3.05, 3.63) is 0 Å². The molecule has 2 rings (SSSR count). The summed E-state index contributed by atoms with van der Waals surface area (Å²) < 4.78 is 0. The summed E-state index contributed by atoms with van der Waals surface area (Å²) in [6.07, 6.45) is 8.79. The van der Waals surface area contributed by atoms with Gasteiger partial charge in [0.25, 0.3) is 0 Å². The van der Waals surface area contributed by atoms with Crippen molar-refractivity contribution in [3.8, 4) is 0 Å². The van der Waals surface area contributed by atoms with Crippen LogP contribution in [0.1, 0.15) is 65.7 Å². The Labute approximate surface area is 118 Å². The highest BCUT2D eigenvalue weighted by Crippen LogP contribution is 2.28. The van der Waals surface area contributed by atoms with Gasteiger partial charge in [-0.15, -0.1) is 0 Å². The molecule has 0 bridgehead atoms. The van der Waals surface area contributed by atoms with Crippen molar-refractivity contribution in [1.82, 2.24) is 0 Å². The van der Waals surface area contributed by atoms with Gasteiger partial charge in [0.1, 0.15) is 6.54 Å². The lowest BCUT2D eigenvalue weighted by molar-refractivity contribution is -0.924. The van der Waals surface area contributed by atoms with E-state index in [1.54, 1.807) is 4.90 Å². The van der Waals surface area contributed by atoms with Crippen molar-refractivity contribution in [2.75, 3.05) is 13.1 Å². The number of carbonyl (C=O) groups excluding carboxylic acids is 1. The molecule has 2 fully saturated rings. The van der Waals surface area contributed by atoms with Crippen molar-refractivity contribution >= 4 is 5.78 Å². The number of rotatable bonds is 4. The zero-order chi connectivity index (χ0) is 13.8. The maximum Gasteiger partial charge on any atom is 0.189 e. The molecule has 110 valence electrons. The Balaban J connectivity index is 1.83. The zero-order valence-corrected chi connectivity index (χ0v) is 13.1. The van der Waals surface area contributed by atoms with Gasteiger partial charge in [0.15, 0.2) is 5.78 Å². The van der Waals surface area contributed by atoms with Gasteiger partial charge in [0, 0.05) is 11.8 Å². The fourth-order valence-corrected chi connectivity index (χ4v) is 3.91. The predicted octanol–water partition coefficient (Wildman–Crippen LogP) is 2.48. The lowest BCUT2D eigenvalue weighted by Crippen LogP contribution is -3.17. The average Bonchev–Trinajstić information content (AvgIpc) is 2.42. The van der Waals surface area contributed by atoms with Crippen LogP contribution in [0.4, 0.5) is 0 Å². The molecule has 3 atom stereocenters. The van der Waals surface area contributed by atoms with Crippen LogP contribution in [0, 0.1) is 17.8 Å². The maximum absolute atomic E-state index is 12.5. The summed E-state index contributed by atoms with van der Waals surface area (Å²) in [6.45, 7) is 8.98. The van der Waals surface area contributed by atoms with Crippen LogP contribution in [0.3, 0.4) is 0 Å². The smallest absolute Gasteiger partial charge is 0.189 e. The van der Waals surface area contributed by atoms with Crippen LogP contribution in [0.2, 0.25) is 0 Å². The number of nitrogens with one attached hydrogen (secondary N) is 1. The van der Waals surface area contributed by atoms with Gasteiger partial charge in [0.05, 0.1) is 12.6 Å². The summed E-state index contributed by atoms with van der Waals surface area (Å²) >= 11 is 0. The molecule has 1 N–H and O–H groups in total. The fraction of sp³-hybridized carbons (Fsp3) is 0.941. The van der Waals surface area contributed by atoms with Gasteiger partial charge in [-0.2, -0.15) is 0 Å². The Bertz CT molecular complexity index is 294. The number of piperidine rings is 1. The first-order chi connectivity index (χ1) is 9.10. The monoisotopic (exact) mass is 266 g/mol. The molecule has 2 heteroatoms. The van der Waals surface area contributed by atoms with Gasteiger partial charge < -0.3 is 4.90 Å². The summed E-state index contributed by atoms with van der Waals surface area (Å²) in [5.41, 5.74) is 0. The van der Waals surface area contributed by atoms with Crippen LogP contribution in [0.15, 0.2) is 0 Å². The van der Waals surface area contributed by atoms with E-state index in [1.807, 2.05) is 0 Å². The highest BCUT2D eigenvalue weighted by atomic mass is 16.1. The van der Waals surface area contributed by atoms with Gasteiger partial charge in [0.2, 0.25) is 0 Å². The summed E-state index contributed by atoms with van der Waals surface area (Å²) in [6, 6.07) is 0.689. The number of carbonyl (C=O) groups is 1. The summed E-state index contributed by atoms with van der Waals surface area (Å²) in [5, 5.41) is 0. The quantitative estimate of drug-likeness (QED) is 0.829. The van der Waals surface area contributed by atoms with E-state index in [0.717, 1.165) is 31.2 Å². The largest absolute Gasteiger partial charge is 0.326 e. The number of hydrogen-bond acceptors (Lipinski definition) is 1. The van der Waals surface area contributed by atoms with E-state index in [2.05, 4.69) is 20.8 Å². The summed E-state index contributed by atoms with van der Waals surface area (Å²) in [7, 11) is 0. The van der Waals surface area contributed by atoms with Gasteiger partial charge >= 0.3 is 0 Å². The minimum absolute atomic E-state index is 0.387. The molecule has 1 heterocycles. The molecule has 19 heavy (non-hydrogen) atoms. The molecule has 0 radical (unpaired) electrons. The summed E-state index contributed by atoms with van der Waals surface area (Å²) in [4.78, 5) is 14.1. The van der Waals surface area contributed by atoms with Gasteiger partial charge in [-0.05, 0) is 44.9 Å². The van der Waals surface area contributed by atoms with E-state index in [9.17, 15) is 4.79 Å². The van der Waals surface area contributed by atoms with Crippen molar-refractivity contribution in [2.24, 2.45) is 17.8 Å². The number of quaternary nitrogens is 1. The first-order valence-corrected chi connectivity index (χ1v) is 8.47. The predicted molar refractivity (Wildman–Crippen MR) is 79.3 cm³/mol. The number of ketones is 1. The van der Waals surface area contributed by atoms with Crippen molar-refractivity contribution in [2.45, 2.75) is 71.8 Å². The fourth-order valence-electron chi connectivity index (χ4n) is 3.91. The van der Waals surface area contributed by atoms with E-state index >= 15 is 0 Å². The van der Waals surface area contributed by atoms with Crippen molar-refractivity contribution in [3.63, 3.8) is 0 Å². The SMILES string of the molecule is CCC1CCC(C)[NH+](CC(=O)C2CCC(C)CC2)C1. The van der Waals surface area contributed by atoms with Crippen LogP contribution in [0.5, 0.6) is 0 Å². The second-order valence-electron chi connectivity index (χ2n) is 7.21. The number of Topliss-reactive ketones (excluding diaryl/α,β-unsaturated/α-hetero) is 1. The molecule has 3 unspecified atom stereocenters.